The van der Waals surface area contributed by atoms with Crippen LogP contribution in [-0.2, 0) is 9.53 Å². The van der Waals surface area contributed by atoms with Gasteiger partial charge in [-0.15, -0.1) is 0 Å². The molecular formula is C20H39N5O2. The first-order chi connectivity index (χ1) is 13.1. The molecule has 0 radical (unpaired) electrons. The number of morpholine rings is 1. The monoisotopic (exact) mass is 381 g/mol. The number of nitrogens with zero attached hydrogens (tertiary/aromatic N) is 3. The average molecular weight is 382 g/mol. The summed E-state index contributed by atoms with van der Waals surface area (Å²) >= 11 is 0. The maximum atomic E-state index is 11.9. The van der Waals surface area contributed by atoms with Gasteiger partial charge in [-0.05, 0) is 44.6 Å². The number of carbonyl (C=O) groups is 1. The first kappa shape index (κ1) is 22.0. The molecule has 1 amide bonds. The number of aliphatic imine (C=N–C) groups is 1. The fourth-order valence-electron chi connectivity index (χ4n) is 3.68. The quantitative estimate of drug-likeness (QED) is 0.377. The minimum absolute atomic E-state index is 0.0270. The smallest absolute Gasteiger partial charge is 0.243 e. The van der Waals surface area contributed by atoms with E-state index in [9.17, 15) is 4.79 Å². The van der Waals surface area contributed by atoms with E-state index in [0.29, 0.717) is 6.04 Å². The fraction of sp³-hybridized carbons (Fsp3) is 0.900. The van der Waals surface area contributed by atoms with Crippen LogP contribution in [0.3, 0.4) is 0 Å². The highest BCUT2D eigenvalue weighted by atomic mass is 16.5. The van der Waals surface area contributed by atoms with Crippen LogP contribution in [0.2, 0.25) is 0 Å². The number of hydrogen-bond acceptors (Lipinski definition) is 4. The van der Waals surface area contributed by atoms with Crippen LogP contribution >= 0.6 is 0 Å². The molecule has 1 saturated heterocycles. The number of carbonyl (C=O) groups excluding carboxylic acids is 1. The highest BCUT2D eigenvalue weighted by Gasteiger charge is 2.21. The van der Waals surface area contributed by atoms with E-state index >= 15 is 0 Å². The Bertz CT molecular complexity index is 455. The predicted octanol–water partition coefficient (Wildman–Crippen LogP) is 1.30. The van der Waals surface area contributed by atoms with Gasteiger partial charge in [-0.1, -0.05) is 13.3 Å². The molecule has 2 rings (SSSR count). The van der Waals surface area contributed by atoms with Gasteiger partial charge in [0.1, 0.15) is 6.54 Å². The molecule has 156 valence electrons. The van der Waals surface area contributed by atoms with Gasteiger partial charge in [0.05, 0.1) is 13.2 Å². The second-order valence-corrected chi connectivity index (χ2v) is 7.96. The minimum Gasteiger partial charge on any atom is -0.379 e. The molecule has 2 aliphatic rings. The van der Waals surface area contributed by atoms with E-state index < -0.39 is 0 Å². The van der Waals surface area contributed by atoms with Crippen LogP contribution in [0.5, 0.6) is 0 Å². The van der Waals surface area contributed by atoms with Crippen molar-refractivity contribution in [2.45, 2.75) is 51.5 Å². The third-order valence-corrected chi connectivity index (χ3v) is 5.68. The predicted molar refractivity (Wildman–Crippen MR) is 110 cm³/mol. The van der Waals surface area contributed by atoms with E-state index in [4.69, 9.17) is 4.74 Å². The van der Waals surface area contributed by atoms with Gasteiger partial charge in [-0.3, -0.25) is 9.69 Å². The second-order valence-electron chi connectivity index (χ2n) is 7.96. The van der Waals surface area contributed by atoms with Gasteiger partial charge in [-0.25, -0.2) is 4.99 Å². The summed E-state index contributed by atoms with van der Waals surface area (Å²) in [6.45, 7) is 8.15. The summed E-state index contributed by atoms with van der Waals surface area (Å²) in [5, 5.41) is 7.00. The van der Waals surface area contributed by atoms with Gasteiger partial charge in [0.2, 0.25) is 5.91 Å². The molecule has 0 aromatic heterocycles. The third-order valence-electron chi connectivity index (χ3n) is 5.68. The number of amides is 1. The van der Waals surface area contributed by atoms with Crippen molar-refractivity contribution in [1.29, 1.82) is 0 Å². The molecule has 7 heteroatoms. The van der Waals surface area contributed by atoms with Crippen LogP contribution < -0.4 is 10.6 Å². The lowest BCUT2D eigenvalue weighted by molar-refractivity contribution is -0.127. The van der Waals surface area contributed by atoms with Crippen LogP contribution in [-0.4, -0.2) is 87.7 Å². The number of likely N-dealkylation sites (N-methyl/N-ethyl adjacent to an activating group) is 1. The van der Waals surface area contributed by atoms with Crippen molar-refractivity contribution in [1.82, 2.24) is 20.4 Å². The highest BCUT2D eigenvalue weighted by molar-refractivity contribution is 5.84. The second kappa shape index (κ2) is 12.2. The largest absolute Gasteiger partial charge is 0.379 e. The van der Waals surface area contributed by atoms with Gasteiger partial charge in [0, 0.05) is 39.8 Å². The SMILES string of the molecule is CCC1CCC(NC(=NCC(=O)N(C)C)NCCCN2CCOCC2)CC1. The highest BCUT2D eigenvalue weighted by Crippen LogP contribution is 2.26. The summed E-state index contributed by atoms with van der Waals surface area (Å²) in [5.41, 5.74) is 0. The van der Waals surface area contributed by atoms with Crippen LogP contribution in [0.4, 0.5) is 0 Å². The average Bonchev–Trinajstić information content (AvgIpc) is 2.70. The molecule has 0 unspecified atom stereocenters. The van der Waals surface area contributed by atoms with Crippen molar-refractivity contribution in [2.75, 3.05) is 60.0 Å². The van der Waals surface area contributed by atoms with Gasteiger partial charge in [0.25, 0.3) is 0 Å². The molecule has 0 atom stereocenters. The molecule has 1 aliphatic carbocycles. The standard InChI is InChI=1S/C20H39N5O2/c1-4-17-6-8-18(9-7-17)23-20(22-16-19(26)24(2)3)21-10-5-11-25-12-14-27-15-13-25/h17-18H,4-16H2,1-3H3,(H2,21,22,23). The summed E-state index contributed by atoms with van der Waals surface area (Å²) < 4.78 is 5.40. The Balaban J connectivity index is 1.77. The third kappa shape index (κ3) is 8.47. The Morgan fingerprint density at radius 1 is 1.19 bits per heavy atom. The number of guanidine groups is 1. The van der Waals surface area contributed by atoms with Crippen molar-refractivity contribution in [3.8, 4) is 0 Å². The van der Waals surface area contributed by atoms with Gasteiger partial charge in [-0.2, -0.15) is 0 Å². The van der Waals surface area contributed by atoms with E-state index in [1.54, 1.807) is 19.0 Å². The molecule has 1 saturated carbocycles. The molecule has 27 heavy (non-hydrogen) atoms. The number of hydrogen-bond donors (Lipinski definition) is 2. The lowest BCUT2D eigenvalue weighted by Gasteiger charge is -2.30. The Hall–Kier alpha value is -1.34. The Labute approximate surface area is 164 Å². The van der Waals surface area contributed by atoms with Crippen molar-refractivity contribution in [3.05, 3.63) is 0 Å². The zero-order valence-corrected chi connectivity index (χ0v) is 17.5. The van der Waals surface area contributed by atoms with Crippen LogP contribution in [0.1, 0.15) is 45.4 Å². The summed E-state index contributed by atoms with van der Waals surface area (Å²) in [6, 6.07) is 0.466. The van der Waals surface area contributed by atoms with Crippen LogP contribution in [0, 0.1) is 5.92 Å². The molecule has 7 nitrogen and oxygen atoms in total. The van der Waals surface area contributed by atoms with Crippen LogP contribution in [0.15, 0.2) is 4.99 Å². The molecule has 1 aliphatic heterocycles. The maximum Gasteiger partial charge on any atom is 0.243 e. The fourth-order valence-corrected chi connectivity index (χ4v) is 3.68. The molecule has 2 N–H and O–H groups in total. The minimum atomic E-state index is 0.0270. The van der Waals surface area contributed by atoms with Crippen molar-refractivity contribution in [2.24, 2.45) is 10.9 Å². The van der Waals surface area contributed by atoms with E-state index in [1.165, 1.54) is 32.1 Å². The first-order valence-electron chi connectivity index (χ1n) is 10.6. The van der Waals surface area contributed by atoms with Crippen molar-refractivity contribution < 1.29 is 9.53 Å². The van der Waals surface area contributed by atoms with E-state index in [2.05, 4.69) is 27.4 Å². The van der Waals surface area contributed by atoms with Crippen molar-refractivity contribution >= 4 is 11.9 Å². The molecular weight excluding hydrogens is 342 g/mol. The Morgan fingerprint density at radius 2 is 1.89 bits per heavy atom. The lowest BCUT2D eigenvalue weighted by atomic mass is 9.84. The Kier molecular flexibility index (Phi) is 9.91. The normalized spacial score (nSPS) is 24.5. The number of ether oxygens (including phenoxy) is 1. The van der Waals surface area contributed by atoms with Gasteiger partial charge in [0.15, 0.2) is 5.96 Å². The summed E-state index contributed by atoms with van der Waals surface area (Å²) in [6.07, 6.45) is 7.29. The lowest BCUT2D eigenvalue weighted by Crippen LogP contribution is -2.46. The van der Waals surface area contributed by atoms with Crippen LogP contribution in [0.25, 0.3) is 0 Å². The van der Waals surface area contributed by atoms with E-state index in [-0.39, 0.29) is 12.5 Å². The summed E-state index contributed by atoms with van der Waals surface area (Å²) in [7, 11) is 3.54. The maximum absolute atomic E-state index is 11.9. The molecule has 2 fully saturated rings. The van der Waals surface area contributed by atoms with E-state index in [0.717, 1.165) is 57.7 Å². The Morgan fingerprint density at radius 3 is 2.52 bits per heavy atom. The number of rotatable bonds is 8. The van der Waals surface area contributed by atoms with Gasteiger partial charge >= 0.3 is 0 Å². The number of nitrogens with one attached hydrogen (secondary N) is 2. The van der Waals surface area contributed by atoms with E-state index in [1.807, 2.05) is 0 Å². The molecule has 1 heterocycles. The molecule has 0 spiro atoms. The van der Waals surface area contributed by atoms with Gasteiger partial charge < -0.3 is 20.3 Å². The zero-order chi connectivity index (χ0) is 19.5. The molecule has 0 aromatic rings. The summed E-state index contributed by atoms with van der Waals surface area (Å²) in [4.78, 5) is 20.5. The molecule has 0 aromatic carbocycles. The summed E-state index contributed by atoms with van der Waals surface area (Å²) in [5.74, 6) is 1.69. The first-order valence-corrected chi connectivity index (χ1v) is 10.6. The molecule has 0 bridgehead atoms. The zero-order valence-electron chi connectivity index (χ0n) is 17.5. The van der Waals surface area contributed by atoms with Crippen molar-refractivity contribution in [3.63, 3.8) is 0 Å². The topological polar surface area (TPSA) is 69.2 Å².